The third-order valence-corrected chi connectivity index (χ3v) is 6.60. The number of phenols is 1. The molecule has 2 aromatic rings. The van der Waals surface area contributed by atoms with Gasteiger partial charge in [0.15, 0.2) is 0 Å². The van der Waals surface area contributed by atoms with Crippen LogP contribution >= 0.6 is 0 Å². The number of phenolic OH excluding ortho intramolecular Hbond substituents is 1. The van der Waals surface area contributed by atoms with E-state index in [4.69, 9.17) is 10.7 Å². The third-order valence-electron chi connectivity index (χ3n) is 6.60. The average Bonchev–Trinajstić information content (AvgIpc) is 2.74. The molecule has 2 aromatic carbocycles. The van der Waals surface area contributed by atoms with Gasteiger partial charge in [0.2, 0.25) is 0 Å². The molecule has 0 aliphatic heterocycles. The number of rotatable bonds is 3. The molecule has 0 spiro atoms. The van der Waals surface area contributed by atoms with Crippen LogP contribution in [0.25, 0.3) is 0 Å². The van der Waals surface area contributed by atoms with Crippen molar-refractivity contribution in [3.63, 3.8) is 0 Å². The topological polar surface area (TPSA) is 78.8 Å². The Morgan fingerprint density at radius 2 is 1.87 bits per heavy atom. The summed E-state index contributed by atoms with van der Waals surface area (Å²) in [6, 6.07) is 12.9. The van der Waals surface area contributed by atoms with Crippen LogP contribution in [0.3, 0.4) is 0 Å². The van der Waals surface area contributed by atoms with Gasteiger partial charge in [-0.15, -0.1) is 0 Å². The molecule has 4 rings (SSSR count). The number of hydrogen-bond donors (Lipinski definition) is 3. The highest BCUT2D eigenvalue weighted by molar-refractivity contribution is 6.11. The Labute approximate surface area is 176 Å². The minimum absolute atomic E-state index is 0.0318. The number of fused-ring (bicyclic) bond motifs is 1. The number of aliphatic imine (C=N–C) groups is 1. The molecule has 3 atom stereocenters. The Bertz CT molecular complexity index is 1010. The van der Waals surface area contributed by atoms with Gasteiger partial charge in [0, 0.05) is 0 Å². The van der Waals surface area contributed by atoms with E-state index in [1.165, 1.54) is 17.7 Å². The predicted molar refractivity (Wildman–Crippen MR) is 117 cm³/mol. The number of nitrogens with zero attached hydrogens (tertiary/aromatic N) is 1. The maximum atomic E-state index is 13.2. The van der Waals surface area contributed by atoms with Gasteiger partial charge in [-0.05, 0) is 96.8 Å². The van der Waals surface area contributed by atoms with Gasteiger partial charge in [0.25, 0.3) is 0 Å². The maximum Gasteiger partial charge on any atom is 0.123 e. The summed E-state index contributed by atoms with van der Waals surface area (Å²) in [5.41, 5.74) is 10.2. The molecule has 156 valence electrons. The lowest BCUT2D eigenvalue weighted by Gasteiger charge is -2.48. The van der Waals surface area contributed by atoms with Crippen molar-refractivity contribution in [1.82, 2.24) is 0 Å². The van der Waals surface area contributed by atoms with E-state index in [-0.39, 0.29) is 22.9 Å². The van der Waals surface area contributed by atoms with Crippen LogP contribution in [0.4, 0.5) is 10.1 Å². The van der Waals surface area contributed by atoms with Crippen LogP contribution in [-0.4, -0.2) is 15.9 Å². The largest absolute Gasteiger partial charge is 0.508 e. The summed E-state index contributed by atoms with van der Waals surface area (Å²) < 4.78 is 13.2. The first-order chi connectivity index (χ1) is 14.4. The Morgan fingerprint density at radius 1 is 1.17 bits per heavy atom. The van der Waals surface area contributed by atoms with E-state index in [9.17, 15) is 14.6 Å². The van der Waals surface area contributed by atoms with Crippen LogP contribution in [0.2, 0.25) is 0 Å². The van der Waals surface area contributed by atoms with Crippen LogP contribution in [0.1, 0.15) is 44.3 Å². The standard InChI is InChI=1S/C25H27FN2O2/c1-25-14-17(15-27)23(28-20-9-7-19(26)8-10-20)13-18(25)3-2-4-22(25)24(30)16-5-11-21(29)12-6-16/h5-13,15,22,24,29-30H,2-4,14,27H2,1H3/t22-,24+,25+/m1/s1. The molecule has 1 fully saturated rings. The molecular formula is C25H27FN2O2. The van der Waals surface area contributed by atoms with Crippen LogP contribution < -0.4 is 5.73 Å². The molecule has 0 saturated heterocycles. The van der Waals surface area contributed by atoms with E-state index in [1.54, 1.807) is 42.6 Å². The quantitative estimate of drug-likeness (QED) is 0.646. The predicted octanol–water partition coefficient (Wildman–Crippen LogP) is 5.32. The van der Waals surface area contributed by atoms with Gasteiger partial charge >= 0.3 is 0 Å². The Hall–Kier alpha value is -2.92. The van der Waals surface area contributed by atoms with Gasteiger partial charge in [-0.25, -0.2) is 9.38 Å². The molecule has 0 amide bonds. The normalized spacial score (nSPS) is 27.6. The molecule has 2 aliphatic carbocycles. The van der Waals surface area contributed by atoms with Crippen LogP contribution in [0.5, 0.6) is 5.75 Å². The number of allylic oxidation sites excluding steroid dienone is 3. The van der Waals surface area contributed by atoms with Crippen LogP contribution in [-0.2, 0) is 0 Å². The van der Waals surface area contributed by atoms with E-state index < -0.39 is 6.10 Å². The highest BCUT2D eigenvalue weighted by Crippen LogP contribution is 2.55. The SMILES string of the molecule is C[C@]12CC(=CN)C(=Nc3ccc(F)cc3)C=C1CCC[C@@H]2[C@@H](O)c1ccc(O)cc1. The van der Waals surface area contributed by atoms with Gasteiger partial charge < -0.3 is 15.9 Å². The van der Waals surface area contributed by atoms with Crippen molar-refractivity contribution in [3.8, 4) is 5.75 Å². The van der Waals surface area contributed by atoms with Gasteiger partial charge in [-0.1, -0.05) is 24.6 Å². The number of aromatic hydroxyl groups is 1. The fourth-order valence-electron chi connectivity index (χ4n) is 4.89. The van der Waals surface area contributed by atoms with Crippen molar-refractivity contribution in [2.45, 2.75) is 38.7 Å². The number of aliphatic hydroxyl groups is 1. The third kappa shape index (κ3) is 3.77. The van der Waals surface area contributed by atoms with E-state index in [1.807, 2.05) is 0 Å². The maximum absolute atomic E-state index is 13.2. The average molecular weight is 407 g/mol. The molecule has 0 radical (unpaired) electrons. The van der Waals surface area contributed by atoms with Gasteiger partial charge in [0.1, 0.15) is 11.6 Å². The summed E-state index contributed by atoms with van der Waals surface area (Å²) in [4.78, 5) is 4.71. The van der Waals surface area contributed by atoms with E-state index in [0.717, 1.165) is 36.1 Å². The molecule has 0 heterocycles. The lowest BCUT2D eigenvalue weighted by molar-refractivity contribution is 0.0217. The van der Waals surface area contributed by atoms with Crippen LogP contribution in [0, 0.1) is 17.2 Å². The summed E-state index contributed by atoms with van der Waals surface area (Å²) in [5, 5.41) is 20.8. The second kappa shape index (κ2) is 8.07. The molecule has 0 bridgehead atoms. The fourth-order valence-corrected chi connectivity index (χ4v) is 4.89. The number of nitrogens with two attached hydrogens (primary N) is 1. The number of hydrogen-bond acceptors (Lipinski definition) is 4. The molecule has 2 aliphatic rings. The summed E-state index contributed by atoms with van der Waals surface area (Å²) in [6.07, 6.45) is 6.62. The first kappa shape index (κ1) is 20.4. The summed E-state index contributed by atoms with van der Waals surface area (Å²) in [5.74, 6) is -0.0696. The molecular weight excluding hydrogens is 379 g/mol. The zero-order valence-electron chi connectivity index (χ0n) is 17.1. The molecule has 5 heteroatoms. The van der Waals surface area contributed by atoms with Crippen molar-refractivity contribution in [2.24, 2.45) is 22.1 Å². The summed E-state index contributed by atoms with van der Waals surface area (Å²) >= 11 is 0. The van der Waals surface area contributed by atoms with Crippen molar-refractivity contribution in [3.05, 3.63) is 83.3 Å². The van der Waals surface area contributed by atoms with Gasteiger partial charge in [-0.3, -0.25) is 0 Å². The zero-order chi connectivity index (χ0) is 21.3. The van der Waals surface area contributed by atoms with Crippen molar-refractivity contribution < 1.29 is 14.6 Å². The second-order valence-electron chi connectivity index (χ2n) is 8.46. The lowest BCUT2D eigenvalue weighted by atomic mass is 9.57. The molecule has 0 unspecified atom stereocenters. The molecule has 4 N–H and O–H groups in total. The van der Waals surface area contributed by atoms with E-state index >= 15 is 0 Å². The summed E-state index contributed by atoms with van der Waals surface area (Å²) in [7, 11) is 0. The van der Waals surface area contributed by atoms with Crippen molar-refractivity contribution >= 4 is 11.4 Å². The fraction of sp³-hybridized carbons (Fsp3) is 0.320. The highest BCUT2D eigenvalue weighted by Gasteiger charge is 2.46. The van der Waals surface area contributed by atoms with Crippen LogP contribution in [0.15, 0.2) is 76.9 Å². The minimum Gasteiger partial charge on any atom is -0.508 e. The Morgan fingerprint density at radius 3 is 2.53 bits per heavy atom. The monoisotopic (exact) mass is 406 g/mol. The van der Waals surface area contributed by atoms with E-state index in [2.05, 4.69) is 13.0 Å². The van der Waals surface area contributed by atoms with E-state index in [0.29, 0.717) is 12.1 Å². The Balaban J connectivity index is 1.70. The number of halogens is 1. The molecule has 4 nitrogen and oxygen atoms in total. The lowest BCUT2D eigenvalue weighted by Crippen LogP contribution is -2.40. The first-order valence-corrected chi connectivity index (χ1v) is 10.3. The highest BCUT2D eigenvalue weighted by atomic mass is 19.1. The smallest absolute Gasteiger partial charge is 0.123 e. The van der Waals surface area contributed by atoms with Gasteiger partial charge in [-0.2, -0.15) is 0 Å². The molecule has 0 aromatic heterocycles. The Kier molecular flexibility index (Phi) is 5.48. The minimum atomic E-state index is -0.631. The summed E-state index contributed by atoms with van der Waals surface area (Å²) in [6.45, 7) is 2.20. The number of aliphatic hydroxyl groups excluding tert-OH is 1. The molecule has 1 saturated carbocycles. The number of benzene rings is 2. The van der Waals surface area contributed by atoms with Crippen molar-refractivity contribution in [1.29, 1.82) is 0 Å². The van der Waals surface area contributed by atoms with Crippen molar-refractivity contribution in [2.75, 3.05) is 0 Å². The second-order valence-corrected chi connectivity index (χ2v) is 8.46. The van der Waals surface area contributed by atoms with Gasteiger partial charge in [0.05, 0.1) is 17.5 Å². The molecule has 30 heavy (non-hydrogen) atoms. The zero-order valence-corrected chi connectivity index (χ0v) is 17.1. The first-order valence-electron chi connectivity index (χ1n) is 10.3.